The summed E-state index contributed by atoms with van der Waals surface area (Å²) in [6.45, 7) is 8.53. The van der Waals surface area contributed by atoms with Crippen LogP contribution in [0.3, 0.4) is 0 Å². The van der Waals surface area contributed by atoms with Crippen LogP contribution in [0, 0.1) is 0 Å². The average Bonchev–Trinajstić information content (AvgIpc) is 2.50. The van der Waals surface area contributed by atoms with Gasteiger partial charge in [0.05, 0.1) is 0 Å². The Bertz CT molecular complexity index is 436. The van der Waals surface area contributed by atoms with Crippen molar-refractivity contribution in [2.24, 2.45) is 0 Å². The average molecular weight is 289 g/mol. The van der Waals surface area contributed by atoms with E-state index in [1.165, 1.54) is 13.0 Å². The molecule has 21 heavy (non-hydrogen) atoms. The van der Waals surface area contributed by atoms with Gasteiger partial charge in [0.15, 0.2) is 0 Å². The number of piperidine rings is 1. The lowest BCUT2D eigenvalue weighted by Crippen LogP contribution is -2.44. The van der Waals surface area contributed by atoms with Gasteiger partial charge < -0.3 is 15.5 Å². The third-order valence-electron chi connectivity index (χ3n) is 3.99. The van der Waals surface area contributed by atoms with E-state index >= 15 is 0 Å². The molecule has 0 atom stereocenters. The molecule has 116 valence electrons. The van der Waals surface area contributed by atoms with Crippen LogP contribution in [0.4, 0.5) is 5.69 Å². The zero-order chi connectivity index (χ0) is 15.1. The van der Waals surface area contributed by atoms with E-state index in [0.717, 1.165) is 43.7 Å². The molecule has 2 rings (SSSR count). The molecule has 4 nitrogen and oxygen atoms in total. The van der Waals surface area contributed by atoms with Crippen molar-refractivity contribution in [3.63, 3.8) is 0 Å². The van der Waals surface area contributed by atoms with Gasteiger partial charge in [-0.1, -0.05) is 6.92 Å². The molecule has 1 aromatic carbocycles. The number of carbonyl (C=O) groups is 1. The summed E-state index contributed by atoms with van der Waals surface area (Å²) >= 11 is 0. The summed E-state index contributed by atoms with van der Waals surface area (Å²) in [7, 11) is 0. The van der Waals surface area contributed by atoms with Gasteiger partial charge in [-0.3, -0.25) is 4.79 Å². The van der Waals surface area contributed by atoms with Gasteiger partial charge >= 0.3 is 0 Å². The molecule has 1 heterocycles. The minimum Gasteiger partial charge on any atom is -0.385 e. The summed E-state index contributed by atoms with van der Waals surface area (Å²) in [6.07, 6.45) is 3.32. The fourth-order valence-electron chi connectivity index (χ4n) is 2.83. The van der Waals surface area contributed by atoms with Crippen molar-refractivity contribution in [1.82, 2.24) is 10.2 Å². The Morgan fingerprint density at radius 1 is 1.19 bits per heavy atom. The molecular formula is C17H27N3O. The first kappa shape index (κ1) is 15.8. The molecule has 1 amide bonds. The van der Waals surface area contributed by atoms with Crippen LogP contribution in [0.2, 0.25) is 0 Å². The van der Waals surface area contributed by atoms with E-state index in [2.05, 4.69) is 29.4 Å². The Balaban J connectivity index is 1.81. The maximum atomic E-state index is 12.2. The molecule has 1 aliphatic heterocycles. The highest BCUT2D eigenvalue weighted by Crippen LogP contribution is 2.13. The maximum absolute atomic E-state index is 12.2. The van der Waals surface area contributed by atoms with E-state index in [1.807, 2.05) is 24.3 Å². The van der Waals surface area contributed by atoms with Crippen molar-refractivity contribution in [3.8, 4) is 0 Å². The molecule has 0 aromatic heterocycles. The highest BCUT2D eigenvalue weighted by Gasteiger charge is 2.20. The number of carbonyl (C=O) groups excluding carboxylic acids is 1. The van der Waals surface area contributed by atoms with Crippen LogP contribution in [-0.2, 0) is 0 Å². The van der Waals surface area contributed by atoms with Crippen LogP contribution in [0.1, 0.15) is 43.5 Å². The molecule has 0 unspecified atom stereocenters. The number of anilines is 1. The van der Waals surface area contributed by atoms with E-state index in [1.54, 1.807) is 0 Å². The van der Waals surface area contributed by atoms with Gasteiger partial charge in [-0.15, -0.1) is 0 Å². The van der Waals surface area contributed by atoms with E-state index in [4.69, 9.17) is 0 Å². The number of hydrogen-bond donors (Lipinski definition) is 2. The first-order valence-electron chi connectivity index (χ1n) is 8.10. The van der Waals surface area contributed by atoms with Crippen LogP contribution < -0.4 is 10.6 Å². The smallest absolute Gasteiger partial charge is 0.251 e. The van der Waals surface area contributed by atoms with Crippen molar-refractivity contribution < 1.29 is 4.79 Å². The van der Waals surface area contributed by atoms with E-state index in [-0.39, 0.29) is 5.91 Å². The lowest BCUT2D eigenvalue weighted by atomic mass is 10.0. The number of hydrogen-bond acceptors (Lipinski definition) is 3. The Morgan fingerprint density at radius 3 is 2.43 bits per heavy atom. The Hall–Kier alpha value is -1.55. The van der Waals surface area contributed by atoms with Gasteiger partial charge in [0, 0.05) is 36.9 Å². The van der Waals surface area contributed by atoms with Gasteiger partial charge in [0.2, 0.25) is 0 Å². The lowest BCUT2D eigenvalue weighted by molar-refractivity contribution is 0.0911. The fraction of sp³-hybridized carbons (Fsp3) is 0.588. The number of rotatable bonds is 6. The first-order valence-corrected chi connectivity index (χ1v) is 8.10. The summed E-state index contributed by atoms with van der Waals surface area (Å²) in [5.74, 6) is 0.0481. The number of amides is 1. The third-order valence-corrected chi connectivity index (χ3v) is 3.99. The van der Waals surface area contributed by atoms with E-state index in [9.17, 15) is 4.79 Å². The molecule has 1 aromatic rings. The fourth-order valence-corrected chi connectivity index (χ4v) is 2.83. The molecule has 0 bridgehead atoms. The zero-order valence-electron chi connectivity index (χ0n) is 13.2. The molecule has 1 saturated heterocycles. The normalized spacial score (nSPS) is 16.7. The first-order chi connectivity index (χ1) is 10.2. The summed E-state index contributed by atoms with van der Waals surface area (Å²) in [5.41, 5.74) is 1.80. The second kappa shape index (κ2) is 8.03. The summed E-state index contributed by atoms with van der Waals surface area (Å²) < 4.78 is 0. The highest BCUT2D eigenvalue weighted by molar-refractivity contribution is 5.94. The predicted molar refractivity (Wildman–Crippen MR) is 87.8 cm³/mol. The van der Waals surface area contributed by atoms with Crippen LogP contribution in [0.5, 0.6) is 0 Å². The van der Waals surface area contributed by atoms with E-state index < -0.39 is 0 Å². The molecule has 0 radical (unpaired) electrons. The SMILES string of the molecule is CCCN1CCC(NC(=O)c2ccc(NCC)cc2)CC1. The van der Waals surface area contributed by atoms with Gasteiger partial charge in [-0.2, -0.15) is 0 Å². The second-order valence-corrected chi connectivity index (χ2v) is 5.70. The molecule has 1 aliphatic rings. The van der Waals surface area contributed by atoms with Crippen molar-refractivity contribution in [1.29, 1.82) is 0 Å². The Labute approximate surface area is 127 Å². The standard InChI is InChI=1S/C17H27N3O/c1-3-11-20-12-9-16(10-13-20)19-17(21)14-5-7-15(8-6-14)18-4-2/h5-8,16,18H,3-4,9-13H2,1-2H3,(H,19,21). The minimum atomic E-state index is 0.0481. The monoisotopic (exact) mass is 289 g/mol. The Kier molecular flexibility index (Phi) is 6.05. The van der Waals surface area contributed by atoms with Crippen molar-refractivity contribution >= 4 is 11.6 Å². The van der Waals surface area contributed by atoms with Crippen molar-refractivity contribution in [3.05, 3.63) is 29.8 Å². The molecule has 2 N–H and O–H groups in total. The molecule has 0 spiro atoms. The molecular weight excluding hydrogens is 262 g/mol. The summed E-state index contributed by atoms with van der Waals surface area (Å²) in [5, 5.41) is 6.40. The zero-order valence-corrected chi connectivity index (χ0v) is 13.2. The number of benzene rings is 1. The quantitative estimate of drug-likeness (QED) is 0.846. The maximum Gasteiger partial charge on any atom is 0.251 e. The molecule has 1 fully saturated rings. The third kappa shape index (κ3) is 4.74. The number of likely N-dealkylation sites (tertiary alicyclic amines) is 1. The molecule has 0 saturated carbocycles. The van der Waals surface area contributed by atoms with Gasteiger partial charge in [0.25, 0.3) is 5.91 Å². The summed E-state index contributed by atoms with van der Waals surface area (Å²) in [6, 6.07) is 8.02. The largest absolute Gasteiger partial charge is 0.385 e. The summed E-state index contributed by atoms with van der Waals surface area (Å²) in [4.78, 5) is 14.7. The molecule has 4 heteroatoms. The van der Waals surface area contributed by atoms with Crippen LogP contribution in [0.15, 0.2) is 24.3 Å². The van der Waals surface area contributed by atoms with Gasteiger partial charge in [-0.05, 0) is 57.0 Å². The molecule has 0 aliphatic carbocycles. The van der Waals surface area contributed by atoms with E-state index in [0.29, 0.717) is 6.04 Å². The van der Waals surface area contributed by atoms with Crippen LogP contribution in [-0.4, -0.2) is 43.0 Å². The number of nitrogens with one attached hydrogen (secondary N) is 2. The van der Waals surface area contributed by atoms with Gasteiger partial charge in [-0.25, -0.2) is 0 Å². The highest BCUT2D eigenvalue weighted by atomic mass is 16.1. The van der Waals surface area contributed by atoms with Gasteiger partial charge in [0.1, 0.15) is 0 Å². The topological polar surface area (TPSA) is 44.4 Å². The Morgan fingerprint density at radius 2 is 1.86 bits per heavy atom. The lowest BCUT2D eigenvalue weighted by Gasteiger charge is -2.32. The number of nitrogens with zero attached hydrogens (tertiary/aromatic N) is 1. The predicted octanol–water partition coefficient (Wildman–Crippen LogP) is 2.72. The second-order valence-electron chi connectivity index (χ2n) is 5.70. The van der Waals surface area contributed by atoms with Crippen molar-refractivity contribution in [2.75, 3.05) is 31.5 Å². The van der Waals surface area contributed by atoms with Crippen LogP contribution >= 0.6 is 0 Å². The van der Waals surface area contributed by atoms with Crippen LogP contribution in [0.25, 0.3) is 0 Å². The minimum absolute atomic E-state index is 0.0481. The van der Waals surface area contributed by atoms with Crippen molar-refractivity contribution in [2.45, 2.75) is 39.2 Å².